The Kier molecular flexibility index (Phi) is 9.11. The first-order chi connectivity index (χ1) is 14.3. The van der Waals surface area contributed by atoms with Crippen LogP contribution in [0.1, 0.15) is 43.0 Å². The molecular weight excluding hydrogens is 476 g/mol. The summed E-state index contributed by atoms with van der Waals surface area (Å²) in [4.78, 5) is 26.1. The number of carbonyl (C=O) groups is 1. The van der Waals surface area contributed by atoms with Gasteiger partial charge in [0, 0.05) is 36.9 Å². The predicted molar refractivity (Wildman–Crippen MR) is 130 cm³/mol. The van der Waals surface area contributed by atoms with E-state index in [0.717, 1.165) is 24.4 Å². The van der Waals surface area contributed by atoms with Crippen LogP contribution >= 0.6 is 36.4 Å². The van der Waals surface area contributed by atoms with Crippen LogP contribution in [0.2, 0.25) is 5.02 Å². The van der Waals surface area contributed by atoms with E-state index in [0.29, 0.717) is 31.1 Å². The standard InChI is InChI=1S/C22H27ClFN5O.2ClH/c1-13-3-6-19-20(13)21(27-12-26-19)29-8-7-28(11-14(29)2)22(30)18(25)10-15-4-5-16(23)17(24)9-15;;/h4-5,9,12-14,18H,3,6-8,10-11,25H2,1-2H3;2*1H. The fraction of sp³-hybridized carbons (Fsp3) is 0.500. The Labute approximate surface area is 205 Å². The SMILES string of the molecule is CC1CCc2ncnc(N3CCN(C(=O)C(N)Cc4ccc(Cl)c(F)c4)CC3C)c21.Cl.Cl. The zero-order valence-corrected chi connectivity index (χ0v) is 20.5. The molecule has 2 heterocycles. The van der Waals surface area contributed by atoms with E-state index < -0.39 is 11.9 Å². The van der Waals surface area contributed by atoms with Gasteiger partial charge in [0.2, 0.25) is 5.91 Å². The summed E-state index contributed by atoms with van der Waals surface area (Å²) in [6.07, 6.45) is 4.03. The summed E-state index contributed by atoms with van der Waals surface area (Å²) in [6.45, 7) is 6.19. The molecule has 1 aliphatic heterocycles. The zero-order chi connectivity index (χ0) is 21.4. The van der Waals surface area contributed by atoms with E-state index in [1.54, 1.807) is 12.4 Å². The second-order valence-electron chi connectivity index (χ2n) is 8.38. The number of hydrogen-bond acceptors (Lipinski definition) is 5. The number of aromatic nitrogens is 2. The highest BCUT2D eigenvalue weighted by molar-refractivity contribution is 6.30. The number of amides is 1. The lowest BCUT2D eigenvalue weighted by atomic mass is 10.0. The average molecular weight is 505 g/mol. The normalized spacial score (nSPS) is 20.8. The number of fused-ring (bicyclic) bond motifs is 1. The van der Waals surface area contributed by atoms with Crippen LogP contribution in [0.3, 0.4) is 0 Å². The number of halogens is 4. The highest BCUT2D eigenvalue weighted by Crippen LogP contribution is 2.38. The molecule has 1 aliphatic carbocycles. The van der Waals surface area contributed by atoms with E-state index in [4.69, 9.17) is 17.3 Å². The lowest BCUT2D eigenvalue weighted by Gasteiger charge is -2.42. The van der Waals surface area contributed by atoms with Gasteiger partial charge >= 0.3 is 0 Å². The molecule has 0 radical (unpaired) electrons. The number of rotatable bonds is 4. The van der Waals surface area contributed by atoms with E-state index in [-0.39, 0.29) is 48.2 Å². The van der Waals surface area contributed by atoms with Crippen molar-refractivity contribution in [1.82, 2.24) is 14.9 Å². The molecule has 4 rings (SSSR count). The summed E-state index contributed by atoms with van der Waals surface area (Å²) in [5, 5.41) is 0.0640. The van der Waals surface area contributed by atoms with Gasteiger partial charge in [-0.25, -0.2) is 14.4 Å². The van der Waals surface area contributed by atoms with Crippen LogP contribution in [0, 0.1) is 5.82 Å². The fourth-order valence-electron chi connectivity index (χ4n) is 4.57. The maximum Gasteiger partial charge on any atom is 0.239 e. The van der Waals surface area contributed by atoms with Crippen LogP contribution < -0.4 is 10.6 Å². The number of hydrogen-bond donors (Lipinski definition) is 1. The first-order valence-corrected chi connectivity index (χ1v) is 10.8. The molecule has 0 spiro atoms. The first kappa shape index (κ1) is 26.6. The van der Waals surface area contributed by atoms with Gasteiger partial charge in [0.15, 0.2) is 0 Å². The lowest BCUT2D eigenvalue weighted by Crippen LogP contribution is -2.57. The third kappa shape index (κ3) is 5.28. The Morgan fingerprint density at radius 2 is 2.03 bits per heavy atom. The molecule has 1 aromatic heterocycles. The number of carbonyl (C=O) groups excluding carboxylic acids is 1. The first-order valence-electron chi connectivity index (χ1n) is 10.4. The maximum absolute atomic E-state index is 13.7. The number of piperazine rings is 1. The van der Waals surface area contributed by atoms with Crippen LogP contribution in [-0.2, 0) is 17.6 Å². The Bertz CT molecular complexity index is 963. The summed E-state index contributed by atoms with van der Waals surface area (Å²) in [7, 11) is 0. The number of nitrogens with zero attached hydrogens (tertiary/aromatic N) is 4. The van der Waals surface area contributed by atoms with Gasteiger partial charge in [-0.1, -0.05) is 24.6 Å². The van der Waals surface area contributed by atoms with Gasteiger partial charge in [0.1, 0.15) is 18.0 Å². The average Bonchev–Trinajstić information content (AvgIpc) is 3.11. The number of anilines is 1. The van der Waals surface area contributed by atoms with Crippen molar-refractivity contribution in [3.8, 4) is 0 Å². The second-order valence-corrected chi connectivity index (χ2v) is 8.79. The molecule has 3 atom stereocenters. The topological polar surface area (TPSA) is 75.4 Å². The highest BCUT2D eigenvalue weighted by Gasteiger charge is 2.33. The summed E-state index contributed by atoms with van der Waals surface area (Å²) < 4.78 is 13.7. The van der Waals surface area contributed by atoms with E-state index >= 15 is 0 Å². The molecular formula is C22H29Cl3FN5O. The van der Waals surface area contributed by atoms with Crippen molar-refractivity contribution in [2.24, 2.45) is 5.73 Å². The minimum Gasteiger partial charge on any atom is -0.350 e. The van der Waals surface area contributed by atoms with Crippen LogP contribution in [-0.4, -0.2) is 52.5 Å². The van der Waals surface area contributed by atoms with Crippen LogP contribution in [0.15, 0.2) is 24.5 Å². The third-order valence-electron chi connectivity index (χ3n) is 6.22. The van der Waals surface area contributed by atoms with Crippen molar-refractivity contribution in [2.75, 3.05) is 24.5 Å². The van der Waals surface area contributed by atoms with E-state index in [2.05, 4.69) is 28.7 Å². The molecule has 1 amide bonds. The Morgan fingerprint density at radius 1 is 1.28 bits per heavy atom. The molecule has 1 fully saturated rings. The molecule has 0 bridgehead atoms. The van der Waals surface area contributed by atoms with Gasteiger partial charge in [-0.3, -0.25) is 4.79 Å². The number of aryl methyl sites for hydroxylation is 1. The predicted octanol–water partition coefficient (Wildman–Crippen LogP) is 3.77. The molecule has 1 aromatic carbocycles. The largest absolute Gasteiger partial charge is 0.350 e. The van der Waals surface area contributed by atoms with E-state index in [1.807, 2.05) is 4.90 Å². The van der Waals surface area contributed by atoms with Crippen LogP contribution in [0.4, 0.5) is 10.2 Å². The summed E-state index contributed by atoms with van der Waals surface area (Å²) in [5.41, 5.74) is 9.24. The molecule has 2 aromatic rings. The highest BCUT2D eigenvalue weighted by atomic mass is 35.5. The molecule has 2 aliphatic rings. The lowest BCUT2D eigenvalue weighted by molar-refractivity contribution is -0.133. The zero-order valence-electron chi connectivity index (χ0n) is 18.1. The van der Waals surface area contributed by atoms with Gasteiger partial charge in [0.25, 0.3) is 0 Å². The molecule has 32 heavy (non-hydrogen) atoms. The maximum atomic E-state index is 13.7. The number of benzene rings is 1. The van der Waals surface area contributed by atoms with Crippen molar-refractivity contribution >= 4 is 48.1 Å². The Hall–Kier alpha value is -1.67. The van der Waals surface area contributed by atoms with Crippen molar-refractivity contribution in [1.29, 1.82) is 0 Å². The fourth-order valence-corrected chi connectivity index (χ4v) is 4.68. The smallest absolute Gasteiger partial charge is 0.239 e. The van der Waals surface area contributed by atoms with Crippen molar-refractivity contribution in [3.05, 3.63) is 52.2 Å². The molecule has 0 saturated carbocycles. The quantitative estimate of drug-likeness (QED) is 0.686. The second kappa shape index (κ2) is 11.0. The summed E-state index contributed by atoms with van der Waals surface area (Å²) in [5.74, 6) is 0.850. The monoisotopic (exact) mass is 503 g/mol. The van der Waals surface area contributed by atoms with Crippen molar-refractivity contribution in [3.63, 3.8) is 0 Å². The third-order valence-corrected chi connectivity index (χ3v) is 6.53. The molecule has 1 saturated heterocycles. The van der Waals surface area contributed by atoms with Crippen molar-refractivity contribution < 1.29 is 9.18 Å². The van der Waals surface area contributed by atoms with E-state index in [9.17, 15) is 9.18 Å². The molecule has 6 nitrogen and oxygen atoms in total. The van der Waals surface area contributed by atoms with E-state index in [1.165, 1.54) is 17.7 Å². The van der Waals surface area contributed by atoms with Gasteiger partial charge < -0.3 is 15.5 Å². The molecule has 2 N–H and O–H groups in total. The Morgan fingerprint density at radius 3 is 2.72 bits per heavy atom. The van der Waals surface area contributed by atoms with Gasteiger partial charge in [-0.15, -0.1) is 24.8 Å². The Balaban J connectivity index is 0.00000181. The summed E-state index contributed by atoms with van der Waals surface area (Å²) in [6, 6.07) is 3.94. The van der Waals surface area contributed by atoms with Gasteiger partial charge in [-0.2, -0.15) is 0 Å². The molecule has 176 valence electrons. The van der Waals surface area contributed by atoms with Crippen molar-refractivity contribution in [2.45, 2.75) is 51.1 Å². The molecule has 10 heteroatoms. The number of nitrogens with two attached hydrogens (primary N) is 1. The van der Waals surface area contributed by atoms with Crippen LogP contribution in [0.25, 0.3) is 0 Å². The van der Waals surface area contributed by atoms with Crippen LogP contribution in [0.5, 0.6) is 0 Å². The van der Waals surface area contributed by atoms with Gasteiger partial charge in [0.05, 0.1) is 11.1 Å². The minimum atomic E-state index is -0.715. The molecule has 3 unspecified atom stereocenters. The summed E-state index contributed by atoms with van der Waals surface area (Å²) >= 11 is 5.73. The minimum absolute atomic E-state index is 0. The van der Waals surface area contributed by atoms with Gasteiger partial charge in [-0.05, 0) is 49.8 Å².